The van der Waals surface area contributed by atoms with Crippen LogP contribution in [0.4, 0.5) is 34.5 Å². The fourth-order valence-corrected chi connectivity index (χ4v) is 11.9. The summed E-state index contributed by atoms with van der Waals surface area (Å²) in [5, 5.41) is 18.3. The minimum absolute atomic E-state index is 0.183. The number of fused-ring (bicyclic) bond motifs is 2. The van der Waals surface area contributed by atoms with Crippen molar-refractivity contribution in [2.45, 2.75) is 77.8 Å². The molecule has 3 aromatic heterocycles. The number of anilines is 6. The number of piperidine rings is 2. The van der Waals surface area contributed by atoms with Crippen molar-refractivity contribution in [2.24, 2.45) is 5.92 Å². The van der Waals surface area contributed by atoms with E-state index < -0.39 is 24.8 Å². The van der Waals surface area contributed by atoms with Gasteiger partial charge in [-0.15, -0.1) is 0 Å². The van der Waals surface area contributed by atoms with E-state index in [4.69, 9.17) is 19.1 Å². The summed E-state index contributed by atoms with van der Waals surface area (Å²) in [6.07, 6.45) is 6.89. The van der Waals surface area contributed by atoms with Crippen LogP contribution in [0.5, 0.6) is 5.75 Å². The molecule has 6 heterocycles. The van der Waals surface area contributed by atoms with E-state index in [-0.39, 0.29) is 18.7 Å². The number of hydrogen-bond acceptors (Lipinski definition) is 15. The van der Waals surface area contributed by atoms with E-state index in [2.05, 4.69) is 83.3 Å². The predicted molar refractivity (Wildman–Crippen MR) is 282 cm³/mol. The van der Waals surface area contributed by atoms with Gasteiger partial charge in [-0.05, 0) is 129 Å². The van der Waals surface area contributed by atoms with Crippen molar-refractivity contribution in [3.63, 3.8) is 0 Å². The van der Waals surface area contributed by atoms with Crippen molar-refractivity contribution in [3.05, 3.63) is 87.1 Å². The molecule has 0 aliphatic carbocycles. The smallest absolute Gasteiger partial charge is 0.420 e. The molecule has 3 aliphatic rings. The molecule has 2 amide bonds. The topological polar surface area (TPSA) is 201 Å². The van der Waals surface area contributed by atoms with Crippen LogP contribution >= 0.6 is 23.1 Å². The first-order valence-electron chi connectivity index (χ1n) is 24.6. The Hall–Kier alpha value is -5.81. The lowest BCUT2D eigenvalue weighted by atomic mass is 10.0. The molecule has 0 spiro atoms. The highest BCUT2D eigenvalue weighted by atomic mass is 79.9. The normalized spacial score (nSPS) is 18.0. The number of para-hydroxylation sites is 1. The number of benzene rings is 3. The fourth-order valence-electron chi connectivity index (χ4n) is 10.2. The molecular weight excluding hydrogens is 974 g/mol. The van der Waals surface area contributed by atoms with E-state index in [1.807, 2.05) is 43.3 Å². The van der Waals surface area contributed by atoms with Crippen molar-refractivity contribution in [1.82, 2.24) is 35.5 Å². The van der Waals surface area contributed by atoms with Crippen LogP contribution in [0, 0.1) is 5.92 Å². The second kappa shape index (κ2) is 21.3. The molecule has 9 rings (SSSR count). The lowest BCUT2D eigenvalue weighted by Gasteiger charge is -2.35. The van der Waals surface area contributed by atoms with Gasteiger partial charge in [0.05, 0.1) is 39.2 Å². The zero-order valence-electron chi connectivity index (χ0n) is 40.6. The Labute approximate surface area is 416 Å². The highest BCUT2D eigenvalue weighted by molar-refractivity contribution is 9.10. The van der Waals surface area contributed by atoms with Gasteiger partial charge < -0.3 is 44.8 Å². The van der Waals surface area contributed by atoms with E-state index in [0.29, 0.717) is 51.6 Å². The second-order valence-corrected chi connectivity index (χ2v) is 22.8. The Morgan fingerprint density at radius 1 is 0.886 bits per heavy atom. The third-order valence-corrected chi connectivity index (χ3v) is 15.8. The van der Waals surface area contributed by atoms with Crippen molar-refractivity contribution in [3.8, 4) is 5.75 Å². The molecule has 0 saturated carbocycles. The van der Waals surface area contributed by atoms with Gasteiger partial charge in [0.2, 0.25) is 17.8 Å². The average molecular weight is 1040 g/mol. The summed E-state index contributed by atoms with van der Waals surface area (Å²) in [4.78, 5) is 56.4. The van der Waals surface area contributed by atoms with Crippen molar-refractivity contribution < 1.29 is 23.3 Å². The summed E-state index contributed by atoms with van der Waals surface area (Å²) in [5.41, 5.74) is 7.59. The molecule has 3 saturated heterocycles. The molecule has 19 heteroatoms. The number of halogens is 1. The van der Waals surface area contributed by atoms with Crippen molar-refractivity contribution in [2.75, 3.05) is 86.2 Å². The SMILES string of the molecule is CCOc1cc(N2CCC(NCCNC[C@H]3CCN(c4cccc5c4oc(=O)n5C4CCC(=O)NC4=O)C3)CC2)c(CC)cc1Nc1ncc(Br)c(Nc2ccc3nc(CC)ccc3c2P(C)(C)=O)n1. The summed E-state index contributed by atoms with van der Waals surface area (Å²) >= 11 is 3.64. The predicted octanol–water partition coefficient (Wildman–Crippen LogP) is 7.61. The van der Waals surface area contributed by atoms with Gasteiger partial charge in [0.1, 0.15) is 24.8 Å². The minimum Gasteiger partial charge on any atom is -0.492 e. The van der Waals surface area contributed by atoms with Crippen LogP contribution in [0.15, 0.2) is 74.5 Å². The molecule has 3 aliphatic heterocycles. The molecule has 6 aromatic rings. The van der Waals surface area contributed by atoms with Gasteiger partial charge in [-0.2, -0.15) is 4.98 Å². The van der Waals surface area contributed by atoms with Crippen LogP contribution in [0.1, 0.15) is 70.2 Å². The van der Waals surface area contributed by atoms with Gasteiger partial charge in [-0.25, -0.2) is 9.78 Å². The van der Waals surface area contributed by atoms with Gasteiger partial charge in [0.25, 0.3) is 0 Å². The second-order valence-electron chi connectivity index (χ2n) is 18.8. The Morgan fingerprint density at radius 2 is 1.70 bits per heavy atom. The minimum atomic E-state index is -2.74. The van der Waals surface area contributed by atoms with E-state index in [1.165, 1.54) is 15.8 Å². The number of carbonyl (C=O) groups excluding carboxylic acids is 2. The third-order valence-electron chi connectivity index (χ3n) is 13.7. The maximum absolute atomic E-state index is 13.7. The lowest BCUT2D eigenvalue weighted by molar-refractivity contribution is -0.135. The standard InChI is InChI=1S/C51H63BrN11O6P/c1-6-32-26-39(58-50-55-29-36(52)48(60-50)57-38-15-14-37-35(47(38)70(4,5)67)13-12-33(7-2)56-37)44(68-8-3)27-43(32)61-24-19-34(20-25-61)54-22-21-53-28-31-18-23-62(30-31)40-10-9-11-41-46(40)69-51(66)63(41)42-16-17-45(64)59-49(42)65/h9-15,26-27,29,31,34,42,53-54H,6-8,16-25,28,30H2,1-5H3,(H,59,64,65)(H2,55,57,58,60)/t31-,42?/m1/s1. The molecule has 17 nitrogen and oxygen atoms in total. The molecule has 3 fully saturated rings. The summed E-state index contributed by atoms with van der Waals surface area (Å²) in [6.45, 7) is 16.5. The van der Waals surface area contributed by atoms with E-state index in [1.54, 1.807) is 25.6 Å². The maximum Gasteiger partial charge on any atom is 0.420 e. The first-order valence-corrected chi connectivity index (χ1v) is 28.0. The number of oxazole rings is 1. The highest BCUT2D eigenvalue weighted by Crippen LogP contribution is 2.43. The van der Waals surface area contributed by atoms with E-state index in [9.17, 15) is 18.9 Å². The Kier molecular flexibility index (Phi) is 14.9. The summed E-state index contributed by atoms with van der Waals surface area (Å²) in [6, 6.07) is 17.5. The van der Waals surface area contributed by atoms with Crippen LogP contribution in [0.25, 0.3) is 22.0 Å². The fraction of sp³-hybridized carbons (Fsp3) is 0.451. The van der Waals surface area contributed by atoms with Crippen molar-refractivity contribution >= 4 is 96.7 Å². The molecule has 70 heavy (non-hydrogen) atoms. The average Bonchev–Trinajstić information content (AvgIpc) is 3.96. The molecule has 3 aromatic carbocycles. The van der Waals surface area contributed by atoms with E-state index >= 15 is 0 Å². The van der Waals surface area contributed by atoms with Crippen molar-refractivity contribution in [1.29, 1.82) is 0 Å². The largest absolute Gasteiger partial charge is 0.492 e. The Morgan fingerprint density at radius 3 is 2.46 bits per heavy atom. The number of nitrogens with one attached hydrogen (secondary N) is 5. The van der Waals surface area contributed by atoms with Gasteiger partial charge in [0, 0.05) is 86.1 Å². The van der Waals surface area contributed by atoms with Gasteiger partial charge in [-0.1, -0.05) is 26.0 Å². The number of rotatable bonds is 18. The number of aryl methyl sites for hydroxylation is 2. The molecule has 370 valence electrons. The van der Waals surface area contributed by atoms with Crippen LogP contribution in [0.3, 0.4) is 0 Å². The number of carbonyl (C=O) groups is 2. The highest BCUT2D eigenvalue weighted by Gasteiger charge is 2.33. The number of nitrogens with zero attached hydrogens (tertiary/aromatic N) is 6. The number of amides is 2. The quantitative estimate of drug-likeness (QED) is 0.0320. The number of pyridine rings is 1. The van der Waals surface area contributed by atoms with Crippen LogP contribution < -0.4 is 52.2 Å². The van der Waals surface area contributed by atoms with Crippen LogP contribution in [-0.2, 0) is 27.0 Å². The van der Waals surface area contributed by atoms with Crippen LogP contribution in [-0.4, -0.2) is 103 Å². The number of hydrogen-bond donors (Lipinski definition) is 5. The zero-order chi connectivity index (χ0) is 49.1. The first kappa shape index (κ1) is 49.2. The molecule has 1 unspecified atom stereocenters. The Balaban J connectivity index is 0.776. The number of imide groups is 1. The molecule has 5 N–H and O–H groups in total. The molecule has 0 bridgehead atoms. The summed E-state index contributed by atoms with van der Waals surface area (Å²) in [7, 11) is -2.74. The molecular formula is C51H63BrN11O6P. The van der Waals surface area contributed by atoms with Crippen LogP contribution in [0.2, 0.25) is 0 Å². The number of aromatic nitrogens is 4. The van der Waals surface area contributed by atoms with Gasteiger partial charge >= 0.3 is 5.76 Å². The Bertz CT molecular complexity index is 3020. The molecule has 2 atom stereocenters. The zero-order valence-corrected chi connectivity index (χ0v) is 43.1. The van der Waals surface area contributed by atoms with Gasteiger partial charge in [-0.3, -0.25) is 24.5 Å². The summed E-state index contributed by atoms with van der Waals surface area (Å²) < 4.78 is 27.8. The summed E-state index contributed by atoms with van der Waals surface area (Å²) in [5.74, 6) is 0.723. The molecule has 0 radical (unpaired) electrons. The maximum atomic E-state index is 13.7. The van der Waals surface area contributed by atoms with Gasteiger partial charge in [0.15, 0.2) is 5.58 Å². The number of ether oxygens (including phenoxy) is 1. The van der Waals surface area contributed by atoms with E-state index in [0.717, 1.165) is 117 Å². The third kappa shape index (κ3) is 10.6. The first-order chi connectivity index (χ1) is 33.8. The lowest BCUT2D eigenvalue weighted by Crippen LogP contribution is -2.44. The monoisotopic (exact) mass is 1040 g/mol.